The molecular formula is C17H36IN3O3. The number of methoxy groups -OCH3 is 1. The Kier molecular flexibility index (Phi) is 16.3. The molecule has 0 unspecified atom stereocenters. The van der Waals surface area contributed by atoms with Crippen LogP contribution in [0.15, 0.2) is 4.99 Å². The van der Waals surface area contributed by atoms with Gasteiger partial charge in [0.25, 0.3) is 0 Å². The molecule has 0 aromatic carbocycles. The lowest BCUT2D eigenvalue weighted by molar-refractivity contribution is 0.0625. The van der Waals surface area contributed by atoms with Crippen molar-refractivity contribution in [1.82, 2.24) is 10.2 Å². The SMILES string of the molecule is CCNC(=NCCCOCCOC)N(C)CCC1CCOCC1.I. The fraction of sp³-hybridized carbons (Fsp3) is 0.941. The molecule has 0 aromatic rings. The summed E-state index contributed by atoms with van der Waals surface area (Å²) in [6, 6.07) is 0. The Morgan fingerprint density at radius 3 is 2.67 bits per heavy atom. The number of nitrogens with zero attached hydrogens (tertiary/aromatic N) is 2. The standard InChI is InChI=1S/C17H35N3O3.HI/c1-4-18-17(19-9-5-11-22-15-14-21-3)20(2)10-6-16-7-12-23-13-8-16;/h16H,4-15H2,1-3H3,(H,18,19);1H. The molecule has 1 aliphatic rings. The number of guanidine groups is 1. The Morgan fingerprint density at radius 1 is 1.25 bits per heavy atom. The van der Waals surface area contributed by atoms with Crippen molar-refractivity contribution in [3.8, 4) is 0 Å². The van der Waals surface area contributed by atoms with E-state index in [4.69, 9.17) is 19.2 Å². The summed E-state index contributed by atoms with van der Waals surface area (Å²) >= 11 is 0. The maximum absolute atomic E-state index is 5.46. The average Bonchev–Trinajstić information content (AvgIpc) is 2.59. The molecule has 6 nitrogen and oxygen atoms in total. The number of ether oxygens (including phenoxy) is 3. The summed E-state index contributed by atoms with van der Waals surface area (Å²) in [6.07, 6.45) is 4.54. The van der Waals surface area contributed by atoms with Crippen molar-refractivity contribution in [2.75, 3.05) is 66.8 Å². The molecule has 0 saturated carbocycles. The molecule has 1 rings (SSSR count). The van der Waals surface area contributed by atoms with Crippen molar-refractivity contribution < 1.29 is 14.2 Å². The van der Waals surface area contributed by atoms with Crippen molar-refractivity contribution >= 4 is 29.9 Å². The molecular weight excluding hydrogens is 421 g/mol. The van der Waals surface area contributed by atoms with E-state index >= 15 is 0 Å². The smallest absolute Gasteiger partial charge is 0.193 e. The van der Waals surface area contributed by atoms with Crippen LogP contribution in [0, 0.1) is 5.92 Å². The fourth-order valence-electron chi connectivity index (χ4n) is 2.58. The van der Waals surface area contributed by atoms with Crippen LogP contribution in [0.5, 0.6) is 0 Å². The highest BCUT2D eigenvalue weighted by Gasteiger charge is 2.15. The first kappa shape index (κ1) is 23.9. The molecule has 0 amide bonds. The van der Waals surface area contributed by atoms with E-state index in [-0.39, 0.29) is 24.0 Å². The molecule has 1 heterocycles. The lowest BCUT2D eigenvalue weighted by Gasteiger charge is -2.26. The van der Waals surface area contributed by atoms with Crippen molar-refractivity contribution in [1.29, 1.82) is 0 Å². The van der Waals surface area contributed by atoms with Gasteiger partial charge in [-0.25, -0.2) is 0 Å². The van der Waals surface area contributed by atoms with Crippen molar-refractivity contribution in [2.24, 2.45) is 10.9 Å². The number of hydrogen-bond donors (Lipinski definition) is 1. The van der Waals surface area contributed by atoms with E-state index in [2.05, 4.69) is 24.2 Å². The topological polar surface area (TPSA) is 55.3 Å². The quantitative estimate of drug-likeness (QED) is 0.224. The Hall–Kier alpha value is -0.120. The van der Waals surface area contributed by atoms with Crippen LogP contribution in [0.4, 0.5) is 0 Å². The number of nitrogens with one attached hydrogen (secondary N) is 1. The molecule has 0 aliphatic carbocycles. The highest BCUT2D eigenvalue weighted by molar-refractivity contribution is 14.0. The molecule has 1 fully saturated rings. The van der Waals surface area contributed by atoms with E-state index in [0.717, 1.165) is 57.8 Å². The van der Waals surface area contributed by atoms with Gasteiger partial charge in [-0.15, -0.1) is 24.0 Å². The summed E-state index contributed by atoms with van der Waals surface area (Å²) in [7, 11) is 3.81. The second-order valence-electron chi connectivity index (χ2n) is 5.96. The zero-order valence-electron chi connectivity index (χ0n) is 15.6. The third kappa shape index (κ3) is 11.4. The maximum atomic E-state index is 5.46. The van der Waals surface area contributed by atoms with Crippen LogP contribution in [-0.2, 0) is 14.2 Å². The first-order valence-electron chi connectivity index (χ1n) is 8.91. The van der Waals surface area contributed by atoms with Gasteiger partial charge in [-0.2, -0.15) is 0 Å². The van der Waals surface area contributed by atoms with E-state index in [1.54, 1.807) is 7.11 Å². The Balaban J connectivity index is 0.00000529. The molecule has 24 heavy (non-hydrogen) atoms. The molecule has 1 N–H and O–H groups in total. The summed E-state index contributed by atoms with van der Waals surface area (Å²) in [6.45, 7) is 8.72. The molecule has 7 heteroatoms. The van der Waals surface area contributed by atoms with Crippen molar-refractivity contribution in [3.05, 3.63) is 0 Å². The van der Waals surface area contributed by atoms with Gasteiger partial charge in [-0.1, -0.05) is 0 Å². The van der Waals surface area contributed by atoms with E-state index in [1.165, 1.54) is 19.3 Å². The fourth-order valence-corrected chi connectivity index (χ4v) is 2.58. The summed E-state index contributed by atoms with van der Waals surface area (Å²) in [4.78, 5) is 6.93. The normalized spacial score (nSPS) is 15.9. The number of hydrogen-bond acceptors (Lipinski definition) is 4. The highest BCUT2D eigenvalue weighted by Crippen LogP contribution is 2.18. The van der Waals surface area contributed by atoms with E-state index in [0.29, 0.717) is 13.2 Å². The molecule has 0 spiro atoms. The predicted octanol–water partition coefficient (Wildman–Crippen LogP) is 2.37. The van der Waals surface area contributed by atoms with Crippen LogP contribution >= 0.6 is 24.0 Å². The van der Waals surface area contributed by atoms with Crippen LogP contribution in [0.25, 0.3) is 0 Å². The molecule has 0 aromatic heterocycles. The number of aliphatic imine (C=N–C) groups is 1. The van der Waals surface area contributed by atoms with Gasteiger partial charge in [0.05, 0.1) is 13.2 Å². The molecule has 0 radical (unpaired) electrons. The summed E-state index contributed by atoms with van der Waals surface area (Å²) in [5.74, 6) is 1.79. The van der Waals surface area contributed by atoms with Gasteiger partial charge in [0.1, 0.15) is 0 Å². The maximum Gasteiger partial charge on any atom is 0.193 e. The predicted molar refractivity (Wildman–Crippen MR) is 109 cm³/mol. The zero-order valence-corrected chi connectivity index (χ0v) is 17.9. The summed E-state index contributed by atoms with van der Waals surface area (Å²) in [5.41, 5.74) is 0. The lowest BCUT2D eigenvalue weighted by Crippen LogP contribution is -2.40. The monoisotopic (exact) mass is 457 g/mol. The Morgan fingerprint density at radius 2 is 2.00 bits per heavy atom. The van der Waals surface area contributed by atoms with Crippen LogP contribution in [-0.4, -0.2) is 77.7 Å². The van der Waals surface area contributed by atoms with Crippen molar-refractivity contribution in [3.63, 3.8) is 0 Å². The molecule has 1 aliphatic heterocycles. The van der Waals surface area contributed by atoms with Gasteiger partial charge in [0.2, 0.25) is 0 Å². The van der Waals surface area contributed by atoms with Gasteiger partial charge in [-0.3, -0.25) is 4.99 Å². The third-order valence-corrected chi connectivity index (χ3v) is 4.05. The van der Waals surface area contributed by atoms with Crippen molar-refractivity contribution in [2.45, 2.75) is 32.6 Å². The minimum Gasteiger partial charge on any atom is -0.382 e. The molecule has 1 saturated heterocycles. The largest absolute Gasteiger partial charge is 0.382 e. The van der Waals surface area contributed by atoms with Gasteiger partial charge in [0, 0.05) is 53.6 Å². The van der Waals surface area contributed by atoms with E-state index in [9.17, 15) is 0 Å². The number of halogens is 1. The first-order valence-corrected chi connectivity index (χ1v) is 8.91. The molecule has 0 atom stereocenters. The van der Waals surface area contributed by atoms with Gasteiger partial charge >= 0.3 is 0 Å². The van der Waals surface area contributed by atoms with Crippen LogP contribution in [0.2, 0.25) is 0 Å². The molecule has 144 valence electrons. The second-order valence-corrected chi connectivity index (χ2v) is 5.96. The summed E-state index contributed by atoms with van der Waals surface area (Å²) in [5, 5.41) is 3.37. The van der Waals surface area contributed by atoms with Crippen LogP contribution in [0.3, 0.4) is 0 Å². The van der Waals surface area contributed by atoms with Gasteiger partial charge in [0.15, 0.2) is 5.96 Å². The Labute approximate surface area is 164 Å². The zero-order chi connectivity index (χ0) is 16.8. The second kappa shape index (κ2) is 16.4. The Bertz CT molecular complexity index is 313. The van der Waals surface area contributed by atoms with Crippen LogP contribution in [0.1, 0.15) is 32.6 Å². The third-order valence-electron chi connectivity index (χ3n) is 4.05. The number of rotatable bonds is 11. The van der Waals surface area contributed by atoms with Gasteiger partial charge < -0.3 is 24.4 Å². The minimum atomic E-state index is 0. The first-order chi connectivity index (χ1) is 11.3. The van der Waals surface area contributed by atoms with Crippen LogP contribution < -0.4 is 5.32 Å². The summed E-state index contributed by atoms with van der Waals surface area (Å²) < 4.78 is 15.8. The van der Waals surface area contributed by atoms with E-state index < -0.39 is 0 Å². The average molecular weight is 457 g/mol. The highest BCUT2D eigenvalue weighted by atomic mass is 127. The molecule has 0 bridgehead atoms. The minimum absolute atomic E-state index is 0. The lowest BCUT2D eigenvalue weighted by atomic mass is 9.96. The van der Waals surface area contributed by atoms with Gasteiger partial charge in [-0.05, 0) is 38.5 Å². The van der Waals surface area contributed by atoms with E-state index in [1.807, 2.05) is 0 Å².